The van der Waals surface area contributed by atoms with E-state index in [9.17, 15) is 0 Å². The molecule has 2 aromatic rings. The summed E-state index contributed by atoms with van der Waals surface area (Å²) in [5, 5.41) is 9.43. The van der Waals surface area contributed by atoms with Crippen LogP contribution in [0.2, 0.25) is 0 Å². The van der Waals surface area contributed by atoms with E-state index in [4.69, 9.17) is 11.1 Å². The summed E-state index contributed by atoms with van der Waals surface area (Å²) in [4.78, 5) is 6.35. The molecule has 0 atom stereocenters. The molecule has 4 nitrogen and oxygen atoms in total. The predicted octanol–water partition coefficient (Wildman–Crippen LogP) is 2.83. The third-order valence-corrected chi connectivity index (χ3v) is 4.04. The van der Waals surface area contributed by atoms with Crippen LogP contribution in [0.1, 0.15) is 11.1 Å². The fourth-order valence-electron chi connectivity index (χ4n) is 1.55. The number of rotatable bonds is 4. The summed E-state index contributed by atoms with van der Waals surface area (Å²) in [6, 6.07) is 5.79. The van der Waals surface area contributed by atoms with Crippen molar-refractivity contribution in [1.29, 1.82) is 5.41 Å². The molecule has 0 aromatic carbocycles. The van der Waals surface area contributed by atoms with Crippen LogP contribution in [0.25, 0.3) is 0 Å². The summed E-state index contributed by atoms with van der Waals surface area (Å²) < 4.78 is 1.13. The van der Waals surface area contributed by atoms with Gasteiger partial charge in [0.05, 0.1) is 3.79 Å². The van der Waals surface area contributed by atoms with Crippen LogP contribution in [0.5, 0.6) is 0 Å². The van der Waals surface area contributed by atoms with Crippen LogP contribution < -0.4 is 10.6 Å². The van der Waals surface area contributed by atoms with Gasteiger partial charge in [-0.1, -0.05) is 0 Å². The van der Waals surface area contributed by atoms with Crippen LogP contribution >= 0.6 is 27.3 Å². The highest BCUT2D eigenvalue weighted by atomic mass is 79.9. The lowest BCUT2D eigenvalue weighted by Gasteiger charge is -2.17. The van der Waals surface area contributed by atoms with Gasteiger partial charge in [-0.25, -0.2) is 4.98 Å². The summed E-state index contributed by atoms with van der Waals surface area (Å²) in [5.41, 5.74) is 7.28. The summed E-state index contributed by atoms with van der Waals surface area (Å²) in [5.74, 6) is 0.904. The molecule has 0 aliphatic carbocycles. The molecule has 18 heavy (non-hydrogen) atoms. The lowest BCUT2D eigenvalue weighted by molar-refractivity contribution is 0.901. The zero-order valence-corrected chi connectivity index (χ0v) is 12.3. The highest BCUT2D eigenvalue weighted by molar-refractivity contribution is 9.11. The molecule has 0 bridgehead atoms. The second kappa shape index (κ2) is 5.49. The van der Waals surface area contributed by atoms with E-state index in [2.05, 4.69) is 37.3 Å². The molecule has 94 valence electrons. The first-order valence-electron chi connectivity index (χ1n) is 5.31. The van der Waals surface area contributed by atoms with Gasteiger partial charge in [-0.15, -0.1) is 11.3 Å². The number of anilines is 1. The molecule has 0 unspecified atom stereocenters. The molecule has 0 spiro atoms. The molecule has 0 radical (unpaired) electrons. The molecule has 2 rings (SSSR count). The van der Waals surface area contributed by atoms with Crippen LogP contribution in [0, 0.1) is 5.41 Å². The third-order valence-electron chi connectivity index (χ3n) is 2.49. The lowest BCUT2D eigenvalue weighted by Crippen LogP contribution is -2.18. The second-order valence-electron chi connectivity index (χ2n) is 3.93. The fraction of sp³-hybridized carbons (Fsp3) is 0.167. The highest BCUT2D eigenvalue weighted by Crippen LogP contribution is 2.22. The first kappa shape index (κ1) is 13.0. The largest absolute Gasteiger partial charge is 0.384 e. The highest BCUT2D eigenvalue weighted by Gasteiger charge is 2.06. The van der Waals surface area contributed by atoms with Gasteiger partial charge in [0, 0.05) is 25.4 Å². The van der Waals surface area contributed by atoms with E-state index in [1.807, 2.05) is 19.2 Å². The topological polar surface area (TPSA) is 66.0 Å². The van der Waals surface area contributed by atoms with E-state index < -0.39 is 0 Å². The molecule has 0 saturated carbocycles. The number of aromatic nitrogens is 1. The van der Waals surface area contributed by atoms with Gasteiger partial charge in [-0.3, -0.25) is 5.41 Å². The Morgan fingerprint density at radius 3 is 2.83 bits per heavy atom. The van der Waals surface area contributed by atoms with Crippen LogP contribution in [-0.4, -0.2) is 17.9 Å². The minimum absolute atomic E-state index is 0.0402. The molecule has 0 fully saturated rings. The zero-order valence-electron chi connectivity index (χ0n) is 9.85. The maximum absolute atomic E-state index is 7.32. The number of nitrogens with one attached hydrogen (secondary N) is 1. The van der Waals surface area contributed by atoms with Crippen molar-refractivity contribution in [2.45, 2.75) is 6.54 Å². The Morgan fingerprint density at radius 2 is 2.33 bits per heavy atom. The van der Waals surface area contributed by atoms with Crippen molar-refractivity contribution in [3.05, 3.63) is 44.7 Å². The molecule has 3 N–H and O–H groups in total. The van der Waals surface area contributed by atoms with E-state index in [1.165, 1.54) is 5.56 Å². The van der Waals surface area contributed by atoms with Crippen molar-refractivity contribution in [2.24, 2.45) is 5.73 Å². The minimum Gasteiger partial charge on any atom is -0.384 e. The molecule has 0 aliphatic rings. The van der Waals surface area contributed by atoms with E-state index in [-0.39, 0.29) is 5.84 Å². The molecule has 0 amide bonds. The number of halogens is 1. The number of amidine groups is 1. The monoisotopic (exact) mass is 324 g/mol. The minimum atomic E-state index is 0.0402. The van der Waals surface area contributed by atoms with Gasteiger partial charge >= 0.3 is 0 Å². The molecule has 2 aromatic heterocycles. The number of hydrogen-bond donors (Lipinski definition) is 2. The number of thiophene rings is 1. The van der Waals surface area contributed by atoms with Gasteiger partial charge in [-0.05, 0) is 45.1 Å². The second-order valence-corrected chi connectivity index (χ2v) is 6.22. The van der Waals surface area contributed by atoms with Gasteiger partial charge < -0.3 is 10.6 Å². The molecular weight excluding hydrogens is 312 g/mol. The van der Waals surface area contributed by atoms with Gasteiger partial charge in [0.2, 0.25) is 0 Å². The van der Waals surface area contributed by atoms with E-state index >= 15 is 0 Å². The Balaban J connectivity index is 2.09. The van der Waals surface area contributed by atoms with Crippen molar-refractivity contribution in [2.75, 3.05) is 11.9 Å². The van der Waals surface area contributed by atoms with Gasteiger partial charge in [0.1, 0.15) is 11.7 Å². The van der Waals surface area contributed by atoms with Crippen LogP contribution in [0.15, 0.2) is 33.6 Å². The van der Waals surface area contributed by atoms with E-state index in [0.717, 1.165) is 16.1 Å². The van der Waals surface area contributed by atoms with Crippen molar-refractivity contribution < 1.29 is 0 Å². The molecular formula is C12H13BrN4S. The summed E-state index contributed by atoms with van der Waals surface area (Å²) >= 11 is 5.12. The lowest BCUT2D eigenvalue weighted by atomic mass is 10.2. The SMILES string of the molecule is CN(Cc1csc(Br)c1)c1ccc(C(=N)N)cn1. The Bertz CT molecular complexity index is 549. The quantitative estimate of drug-likeness (QED) is 0.671. The van der Waals surface area contributed by atoms with Gasteiger partial charge in [0.15, 0.2) is 0 Å². The summed E-state index contributed by atoms with van der Waals surface area (Å²) in [7, 11) is 1.99. The number of nitrogen functional groups attached to an aromatic ring is 1. The van der Waals surface area contributed by atoms with E-state index in [1.54, 1.807) is 17.5 Å². The van der Waals surface area contributed by atoms with Crippen molar-refractivity contribution in [3.63, 3.8) is 0 Å². The standard InChI is InChI=1S/C12H13BrN4S/c1-17(6-8-4-10(13)18-7-8)11-3-2-9(5-16-11)12(14)15/h2-5,7H,6H2,1H3,(H3,14,15). The Morgan fingerprint density at radius 1 is 1.56 bits per heavy atom. The number of hydrogen-bond acceptors (Lipinski definition) is 4. The molecule has 0 aliphatic heterocycles. The Kier molecular flexibility index (Phi) is 3.98. The molecule has 0 saturated heterocycles. The predicted molar refractivity (Wildman–Crippen MR) is 79.4 cm³/mol. The van der Waals surface area contributed by atoms with E-state index in [0.29, 0.717) is 5.56 Å². The molecule has 2 heterocycles. The van der Waals surface area contributed by atoms with Crippen molar-refractivity contribution in [1.82, 2.24) is 4.98 Å². The van der Waals surface area contributed by atoms with Crippen molar-refractivity contribution in [3.8, 4) is 0 Å². The fourth-order valence-corrected chi connectivity index (χ4v) is 2.76. The first-order valence-corrected chi connectivity index (χ1v) is 6.98. The van der Waals surface area contributed by atoms with Gasteiger partial charge in [0.25, 0.3) is 0 Å². The molecule has 6 heteroatoms. The van der Waals surface area contributed by atoms with Crippen LogP contribution in [0.4, 0.5) is 5.82 Å². The zero-order chi connectivity index (χ0) is 13.1. The summed E-state index contributed by atoms with van der Waals surface area (Å²) in [6.45, 7) is 0.800. The maximum atomic E-state index is 7.32. The van der Waals surface area contributed by atoms with Gasteiger partial charge in [-0.2, -0.15) is 0 Å². The third kappa shape index (κ3) is 3.08. The number of nitrogens with two attached hydrogens (primary N) is 1. The average molecular weight is 325 g/mol. The summed E-state index contributed by atoms with van der Waals surface area (Å²) in [6.07, 6.45) is 1.62. The Labute approximate surface area is 118 Å². The first-order chi connectivity index (χ1) is 8.56. The maximum Gasteiger partial charge on any atom is 0.128 e. The smallest absolute Gasteiger partial charge is 0.128 e. The number of pyridine rings is 1. The van der Waals surface area contributed by atoms with Crippen LogP contribution in [-0.2, 0) is 6.54 Å². The normalized spacial score (nSPS) is 10.3. The average Bonchev–Trinajstić information content (AvgIpc) is 2.75. The number of nitrogens with zero attached hydrogens (tertiary/aromatic N) is 2. The van der Waals surface area contributed by atoms with Crippen molar-refractivity contribution >= 4 is 38.9 Å². The van der Waals surface area contributed by atoms with Crippen LogP contribution in [0.3, 0.4) is 0 Å². The Hall–Kier alpha value is -1.40.